The maximum Gasteiger partial charge on any atom is 0.147 e. The molecule has 4 heterocycles. The predicted molar refractivity (Wildman–Crippen MR) is 117 cm³/mol. The largest absolute Gasteiger partial charge is 0.332 e. The molecule has 1 aliphatic rings. The molecule has 0 amide bonds. The number of amidine groups is 2. The van der Waals surface area contributed by atoms with Crippen LogP contribution in [0.2, 0.25) is 0 Å². The van der Waals surface area contributed by atoms with E-state index < -0.39 is 0 Å². The molecule has 6 nitrogen and oxygen atoms in total. The number of hydrogen-bond acceptors (Lipinski definition) is 6. The minimum Gasteiger partial charge on any atom is -0.332 e. The Bertz CT molecular complexity index is 866. The van der Waals surface area contributed by atoms with Crippen LogP contribution < -0.4 is 5.32 Å². The molecule has 1 atom stereocenters. The van der Waals surface area contributed by atoms with Crippen molar-refractivity contribution in [3.05, 3.63) is 90.3 Å². The third-order valence-electron chi connectivity index (χ3n) is 4.28. The van der Waals surface area contributed by atoms with Crippen LogP contribution in [0, 0.1) is 0 Å². The van der Waals surface area contributed by atoms with Crippen molar-refractivity contribution in [2.45, 2.75) is 39.3 Å². The van der Waals surface area contributed by atoms with Gasteiger partial charge in [0.2, 0.25) is 0 Å². The molecule has 0 bridgehead atoms. The molecule has 0 saturated carbocycles. The highest BCUT2D eigenvalue weighted by molar-refractivity contribution is 6.03. The predicted octanol–water partition coefficient (Wildman–Crippen LogP) is 3.65. The van der Waals surface area contributed by atoms with Gasteiger partial charge < -0.3 is 5.32 Å². The Kier molecular flexibility index (Phi) is 7.57. The minimum absolute atomic E-state index is 0.142. The van der Waals surface area contributed by atoms with Gasteiger partial charge in [-0.1, -0.05) is 19.9 Å². The number of rotatable bonds is 6. The van der Waals surface area contributed by atoms with Crippen LogP contribution in [0.1, 0.15) is 30.5 Å². The molecule has 0 fully saturated rings. The second-order valence-electron chi connectivity index (χ2n) is 6.39. The van der Waals surface area contributed by atoms with E-state index in [4.69, 9.17) is 9.98 Å². The summed E-state index contributed by atoms with van der Waals surface area (Å²) in [4.78, 5) is 22.0. The zero-order valence-corrected chi connectivity index (χ0v) is 16.9. The lowest BCUT2D eigenvalue weighted by Gasteiger charge is -2.22. The fraction of sp³-hybridized carbons (Fsp3) is 0.261. The molecule has 0 spiro atoms. The van der Waals surface area contributed by atoms with Crippen LogP contribution in [0.5, 0.6) is 0 Å². The molecular weight excluding hydrogens is 360 g/mol. The van der Waals surface area contributed by atoms with E-state index >= 15 is 0 Å². The van der Waals surface area contributed by atoms with Gasteiger partial charge >= 0.3 is 0 Å². The number of aliphatic imine (C=N–C) groups is 2. The Morgan fingerprint density at radius 1 is 0.690 bits per heavy atom. The average Bonchev–Trinajstić information content (AvgIpc) is 2.77. The molecule has 29 heavy (non-hydrogen) atoms. The summed E-state index contributed by atoms with van der Waals surface area (Å²) in [5.74, 6) is 1.84. The fourth-order valence-corrected chi connectivity index (χ4v) is 3.01. The van der Waals surface area contributed by atoms with Crippen LogP contribution in [-0.2, 0) is 19.3 Å². The number of nitrogens with one attached hydrogen (secondary N) is 1. The zero-order chi connectivity index (χ0) is 20.3. The zero-order valence-electron chi connectivity index (χ0n) is 16.9. The van der Waals surface area contributed by atoms with Crippen molar-refractivity contribution in [1.82, 2.24) is 20.3 Å². The van der Waals surface area contributed by atoms with Gasteiger partial charge in [0, 0.05) is 56.4 Å². The Hall–Kier alpha value is -3.41. The summed E-state index contributed by atoms with van der Waals surface area (Å²) < 4.78 is 0. The van der Waals surface area contributed by atoms with E-state index in [1.54, 1.807) is 31.0 Å². The van der Waals surface area contributed by atoms with Crippen LogP contribution in [0.15, 0.2) is 83.6 Å². The molecule has 3 aromatic rings. The lowest BCUT2D eigenvalue weighted by Crippen LogP contribution is -2.39. The van der Waals surface area contributed by atoms with Gasteiger partial charge in [-0.25, -0.2) is 9.98 Å². The van der Waals surface area contributed by atoms with Gasteiger partial charge in [0.05, 0.1) is 0 Å². The highest BCUT2D eigenvalue weighted by Crippen LogP contribution is 2.12. The number of pyridine rings is 3. The molecule has 0 aromatic carbocycles. The molecule has 0 aliphatic carbocycles. The summed E-state index contributed by atoms with van der Waals surface area (Å²) in [5.41, 5.74) is 3.46. The van der Waals surface area contributed by atoms with Gasteiger partial charge in [0.25, 0.3) is 0 Å². The second-order valence-corrected chi connectivity index (χ2v) is 6.39. The highest BCUT2D eigenvalue weighted by Gasteiger charge is 2.18. The van der Waals surface area contributed by atoms with Gasteiger partial charge in [0.15, 0.2) is 0 Å². The lowest BCUT2D eigenvalue weighted by atomic mass is 10.1. The van der Waals surface area contributed by atoms with Gasteiger partial charge in [-0.05, 0) is 47.0 Å². The Morgan fingerprint density at radius 3 is 1.86 bits per heavy atom. The quantitative estimate of drug-likeness (QED) is 0.702. The summed E-state index contributed by atoms with van der Waals surface area (Å²) in [6, 6.07) is 12.0. The smallest absolute Gasteiger partial charge is 0.147 e. The SMILES string of the molecule is CC.c1cncc(CC2=NC(Cc3ccncc3)N=C(Cc3ccncc3)N2)c1. The summed E-state index contributed by atoms with van der Waals surface area (Å²) in [6.07, 6.45) is 12.9. The van der Waals surface area contributed by atoms with Crippen molar-refractivity contribution in [3.8, 4) is 0 Å². The third kappa shape index (κ3) is 6.31. The van der Waals surface area contributed by atoms with Crippen LogP contribution in [0.3, 0.4) is 0 Å². The van der Waals surface area contributed by atoms with Gasteiger partial charge in [-0.3, -0.25) is 15.0 Å². The molecule has 4 rings (SSSR count). The van der Waals surface area contributed by atoms with Crippen molar-refractivity contribution in [3.63, 3.8) is 0 Å². The van der Waals surface area contributed by atoms with E-state index in [9.17, 15) is 0 Å². The molecule has 0 saturated heterocycles. The van der Waals surface area contributed by atoms with Crippen molar-refractivity contribution < 1.29 is 0 Å². The number of aromatic nitrogens is 3. The van der Waals surface area contributed by atoms with Crippen LogP contribution >= 0.6 is 0 Å². The first-order chi connectivity index (χ1) is 14.3. The van der Waals surface area contributed by atoms with Gasteiger partial charge in [-0.2, -0.15) is 0 Å². The highest BCUT2D eigenvalue weighted by atomic mass is 15.2. The van der Waals surface area contributed by atoms with Crippen LogP contribution in [0.4, 0.5) is 0 Å². The normalized spacial score (nSPS) is 15.3. The molecular formula is C23H26N6. The standard InChI is InChI=1S/C21H20N6.C2H6/c1-2-18(15-24-7-1)14-21-26-19(12-16-3-8-22-9-4-16)25-20(27-21)13-17-5-10-23-11-6-17;1-2/h1-11,15,19H,12-14H2,(H,25,26,27);1-2H3. The van der Waals surface area contributed by atoms with E-state index in [-0.39, 0.29) is 6.17 Å². The van der Waals surface area contributed by atoms with E-state index in [0.717, 1.165) is 30.1 Å². The Labute approximate surface area is 171 Å². The Balaban J connectivity index is 0.00000117. The maximum absolute atomic E-state index is 4.83. The first-order valence-corrected chi connectivity index (χ1v) is 9.92. The lowest BCUT2D eigenvalue weighted by molar-refractivity contribution is 0.684. The van der Waals surface area contributed by atoms with Crippen LogP contribution in [-0.4, -0.2) is 32.8 Å². The average molecular weight is 387 g/mol. The molecule has 6 heteroatoms. The van der Waals surface area contributed by atoms with Crippen molar-refractivity contribution in [1.29, 1.82) is 0 Å². The molecule has 1 unspecified atom stereocenters. The van der Waals surface area contributed by atoms with Crippen LogP contribution in [0.25, 0.3) is 0 Å². The first-order valence-electron chi connectivity index (χ1n) is 9.92. The van der Waals surface area contributed by atoms with E-state index in [0.29, 0.717) is 6.42 Å². The van der Waals surface area contributed by atoms with Crippen molar-refractivity contribution in [2.24, 2.45) is 9.98 Å². The molecule has 0 radical (unpaired) electrons. The molecule has 148 valence electrons. The molecule has 1 aliphatic heterocycles. The minimum atomic E-state index is -0.142. The third-order valence-corrected chi connectivity index (χ3v) is 4.28. The topological polar surface area (TPSA) is 75.4 Å². The maximum atomic E-state index is 4.83. The number of hydrogen-bond donors (Lipinski definition) is 1. The first kappa shape index (κ1) is 20.3. The fourth-order valence-electron chi connectivity index (χ4n) is 3.01. The van der Waals surface area contributed by atoms with E-state index in [2.05, 4.69) is 26.3 Å². The monoisotopic (exact) mass is 386 g/mol. The summed E-state index contributed by atoms with van der Waals surface area (Å²) >= 11 is 0. The Morgan fingerprint density at radius 2 is 1.28 bits per heavy atom. The van der Waals surface area contributed by atoms with E-state index in [1.807, 2.05) is 50.4 Å². The van der Waals surface area contributed by atoms with Gasteiger partial charge in [-0.15, -0.1) is 0 Å². The molecule has 1 N–H and O–H groups in total. The van der Waals surface area contributed by atoms with Crippen molar-refractivity contribution in [2.75, 3.05) is 0 Å². The summed E-state index contributed by atoms with van der Waals surface area (Å²) in [5, 5.41) is 3.41. The number of nitrogens with zero attached hydrogens (tertiary/aromatic N) is 5. The van der Waals surface area contributed by atoms with Crippen molar-refractivity contribution >= 4 is 11.7 Å². The summed E-state index contributed by atoms with van der Waals surface area (Å²) in [6.45, 7) is 4.00. The summed E-state index contributed by atoms with van der Waals surface area (Å²) in [7, 11) is 0. The molecule has 3 aromatic heterocycles. The van der Waals surface area contributed by atoms with E-state index in [1.165, 1.54) is 11.1 Å². The second kappa shape index (κ2) is 10.8. The van der Waals surface area contributed by atoms with Gasteiger partial charge in [0.1, 0.15) is 17.8 Å².